The quantitative estimate of drug-likeness (QED) is 0.102. The smallest absolute Gasteiger partial charge is 0.0541 e. The van der Waals surface area contributed by atoms with Crippen molar-refractivity contribution in [1.29, 1.82) is 0 Å². The molecule has 9 aromatic rings. The molecular formula is C48H43Br4N3. The molecule has 55 heavy (non-hydrogen) atoms. The van der Waals surface area contributed by atoms with E-state index in [-0.39, 0.29) is 0 Å². The van der Waals surface area contributed by atoms with E-state index in [9.17, 15) is 0 Å². The van der Waals surface area contributed by atoms with Crippen molar-refractivity contribution in [2.45, 2.75) is 77.7 Å². The van der Waals surface area contributed by atoms with Crippen molar-refractivity contribution in [2.24, 2.45) is 0 Å². The summed E-state index contributed by atoms with van der Waals surface area (Å²) in [6, 6.07) is 40.8. The Morgan fingerprint density at radius 2 is 0.655 bits per heavy atom. The van der Waals surface area contributed by atoms with Crippen molar-refractivity contribution in [3.05, 3.63) is 127 Å². The minimum atomic E-state index is 1.02. The summed E-state index contributed by atoms with van der Waals surface area (Å²) < 4.78 is 11.8. The minimum absolute atomic E-state index is 1.02. The lowest BCUT2D eigenvalue weighted by Gasteiger charge is -2.11. The first kappa shape index (κ1) is 37.2. The summed E-state index contributed by atoms with van der Waals surface area (Å²) in [6.45, 7) is 3.31. The first-order valence-corrected chi connectivity index (χ1v) is 22.9. The first-order valence-electron chi connectivity index (χ1n) is 19.7. The van der Waals surface area contributed by atoms with Gasteiger partial charge in [0.05, 0.1) is 22.1 Å². The molecule has 7 heteroatoms. The summed E-state index contributed by atoms with van der Waals surface area (Å²) >= 11 is 15.0. The van der Waals surface area contributed by atoms with Crippen molar-refractivity contribution in [2.75, 3.05) is 0 Å². The van der Waals surface area contributed by atoms with Crippen LogP contribution in [0.15, 0.2) is 127 Å². The van der Waals surface area contributed by atoms with Crippen LogP contribution in [0, 0.1) is 0 Å². The lowest BCUT2D eigenvalue weighted by molar-refractivity contribution is 0.541. The molecule has 3 aromatic heterocycles. The summed E-state index contributed by atoms with van der Waals surface area (Å²) in [7, 11) is 0. The van der Waals surface area contributed by atoms with Gasteiger partial charge in [-0.25, -0.2) is 0 Å². The minimum Gasteiger partial charge on any atom is -0.340 e. The second kappa shape index (κ2) is 15.9. The fourth-order valence-electron chi connectivity index (χ4n) is 8.85. The molecule has 3 nitrogen and oxygen atoms in total. The average molecular weight is 982 g/mol. The van der Waals surface area contributed by atoms with Crippen LogP contribution in [0.3, 0.4) is 0 Å². The van der Waals surface area contributed by atoms with Crippen LogP contribution in [0.4, 0.5) is 0 Å². The van der Waals surface area contributed by atoms with Crippen molar-refractivity contribution >= 4 is 129 Å². The molecule has 0 unspecified atom stereocenters. The van der Waals surface area contributed by atoms with Crippen molar-refractivity contribution in [3.63, 3.8) is 0 Å². The van der Waals surface area contributed by atoms with Gasteiger partial charge >= 0.3 is 0 Å². The van der Waals surface area contributed by atoms with Crippen LogP contribution in [-0.2, 0) is 6.54 Å². The number of aryl methyl sites for hydroxylation is 1. The van der Waals surface area contributed by atoms with E-state index in [1.54, 1.807) is 0 Å². The maximum atomic E-state index is 3.74. The van der Waals surface area contributed by atoms with Gasteiger partial charge in [0.15, 0.2) is 0 Å². The van der Waals surface area contributed by atoms with Gasteiger partial charge in [-0.05, 0) is 116 Å². The van der Waals surface area contributed by atoms with E-state index in [1.165, 1.54) is 141 Å². The Morgan fingerprint density at radius 3 is 1.02 bits per heavy atom. The van der Waals surface area contributed by atoms with Gasteiger partial charge in [-0.3, -0.25) is 0 Å². The van der Waals surface area contributed by atoms with Crippen LogP contribution in [0.25, 0.3) is 76.8 Å². The Kier molecular flexibility index (Phi) is 10.8. The van der Waals surface area contributed by atoms with Crippen LogP contribution >= 0.6 is 63.7 Å². The highest BCUT2D eigenvalue weighted by molar-refractivity contribution is 9.11. The number of rotatable bonds is 13. The van der Waals surface area contributed by atoms with Gasteiger partial charge in [0.2, 0.25) is 0 Å². The third-order valence-corrected chi connectivity index (χ3v) is 13.4. The number of hydrogen-bond acceptors (Lipinski definition) is 0. The predicted octanol–water partition coefficient (Wildman–Crippen LogP) is 17.0. The van der Waals surface area contributed by atoms with Crippen LogP contribution in [0.5, 0.6) is 0 Å². The lowest BCUT2D eigenvalue weighted by atomic mass is 10.1. The fraction of sp³-hybridized carbons (Fsp3) is 0.250. The van der Waals surface area contributed by atoms with E-state index in [4.69, 9.17) is 0 Å². The van der Waals surface area contributed by atoms with Gasteiger partial charge in [0.1, 0.15) is 0 Å². The van der Waals surface area contributed by atoms with Crippen molar-refractivity contribution in [3.8, 4) is 11.4 Å². The average Bonchev–Trinajstić information content (AvgIpc) is 3.79. The van der Waals surface area contributed by atoms with Crippen LogP contribution in [0.2, 0.25) is 0 Å². The van der Waals surface area contributed by atoms with Gasteiger partial charge < -0.3 is 13.7 Å². The normalized spacial score (nSPS) is 12.2. The standard InChI is InChI=1S/C48H43Br4N3/c1-2-3-4-5-6-7-8-9-10-11-24-53-43-22-16-35(54-45-18-12-31(49)25-37(45)38-26-32(50)13-19-46(38)54)29-41(43)42-30-36(17-23-44(42)53)55-47-20-14-33(51)27-39(47)40-28-34(52)15-21-48(40)55/h12-23,25-30H,2-11,24H2,1H3. The van der Waals surface area contributed by atoms with Gasteiger partial charge in [-0.2, -0.15) is 0 Å². The van der Waals surface area contributed by atoms with E-state index >= 15 is 0 Å². The second-order valence-corrected chi connectivity index (χ2v) is 18.7. The molecule has 0 amide bonds. The van der Waals surface area contributed by atoms with Crippen LogP contribution in [-0.4, -0.2) is 13.7 Å². The zero-order chi connectivity index (χ0) is 37.6. The highest BCUT2D eigenvalue weighted by atomic mass is 79.9. The van der Waals surface area contributed by atoms with Crippen molar-refractivity contribution in [1.82, 2.24) is 13.7 Å². The Bertz CT molecular complexity index is 2570. The molecule has 0 fully saturated rings. The highest BCUT2D eigenvalue weighted by Crippen LogP contribution is 2.40. The predicted molar refractivity (Wildman–Crippen MR) is 251 cm³/mol. The molecule has 0 spiro atoms. The van der Waals surface area contributed by atoms with Gasteiger partial charge in [-0.1, -0.05) is 128 Å². The number of halogens is 4. The maximum absolute atomic E-state index is 3.74. The molecule has 0 saturated carbocycles. The summed E-state index contributed by atoms with van der Waals surface area (Å²) in [5.41, 5.74) is 9.75. The molecular weight excluding hydrogens is 938 g/mol. The highest BCUT2D eigenvalue weighted by Gasteiger charge is 2.19. The van der Waals surface area contributed by atoms with Gasteiger partial charge in [0, 0.05) is 79.2 Å². The molecule has 3 heterocycles. The molecule has 9 rings (SSSR count). The first-order chi connectivity index (χ1) is 26.9. The summed E-state index contributed by atoms with van der Waals surface area (Å²) in [6.07, 6.45) is 13.4. The summed E-state index contributed by atoms with van der Waals surface area (Å²) in [4.78, 5) is 0. The third-order valence-electron chi connectivity index (χ3n) is 11.5. The molecule has 278 valence electrons. The fourth-order valence-corrected chi connectivity index (χ4v) is 10.3. The van der Waals surface area contributed by atoms with E-state index in [0.29, 0.717) is 0 Å². The molecule has 0 atom stereocenters. The Hall–Kier alpha value is -3.36. The molecule has 0 saturated heterocycles. The molecule has 0 radical (unpaired) electrons. The SMILES string of the molecule is CCCCCCCCCCCCn1c2ccc(-n3c4ccc(Br)cc4c4cc(Br)ccc43)cc2c2cc(-n3c4ccc(Br)cc4c4cc(Br)ccc43)ccc21. The second-order valence-electron chi connectivity index (χ2n) is 15.1. The number of fused-ring (bicyclic) bond motifs is 9. The van der Waals surface area contributed by atoms with E-state index < -0.39 is 0 Å². The number of benzene rings is 6. The monoisotopic (exact) mass is 977 g/mol. The molecule has 6 aromatic carbocycles. The molecule has 0 aliphatic heterocycles. The summed E-state index contributed by atoms with van der Waals surface area (Å²) in [5, 5.41) is 7.53. The largest absolute Gasteiger partial charge is 0.340 e. The molecule has 0 aliphatic rings. The molecule has 0 N–H and O–H groups in total. The number of hydrogen-bond donors (Lipinski definition) is 0. The van der Waals surface area contributed by atoms with Gasteiger partial charge in [0.25, 0.3) is 0 Å². The molecule has 0 bridgehead atoms. The Labute approximate surface area is 356 Å². The van der Waals surface area contributed by atoms with E-state index in [1.807, 2.05) is 0 Å². The third kappa shape index (κ3) is 7.02. The Balaban J connectivity index is 1.17. The number of unbranched alkanes of at least 4 members (excludes halogenated alkanes) is 9. The lowest BCUT2D eigenvalue weighted by Crippen LogP contribution is -1.99. The number of aromatic nitrogens is 3. The van der Waals surface area contributed by atoms with Crippen molar-refractivity contribution < 1.29 is 0 Å². The maximum Gasteiger partial charge on any atom is 0.0541 e. The summed E-state index contributed by atoms with van der Waals surface area (Å²) in [5.74, 6) is 0. The van der Waals surface area contributed by atoms with E-state index in [0.717, 1.165) is 24.4 Å². The topological polar surface area (TPSA) is 14.8 Å². The van der Waals surface area contributed by atoms with Gasteiger partial charge in [-0.15, -0.1) is 0 Å². The number of nitrogens with zero attached hydrogens (tertiary/aromatic N) is 3. The van der Waals surface area contributed by atoms with Crippen LogP contribution in [0.1, 0.15) is 71.1 Å². The zero-order valence-electron chi connectivity index (χ0n) is 31.0. The van der Waals surface area contributed by atoms with E-state index in [2.05, 4.69) is 194 Å². The molecule has 0 aliphatic carbocycles. The van der Waals surface area contributed by atoms with Crippen LogP contribution < -0.4 is 0 Å². The Morgan fingerprint density at radius 1 is 0.345 bits per heavy atom. The zero-order valence-corrected chi connectivity index (χ0v) is 37.4.